The molecule has 1 nitrogen and oxygen atoms in total. The van der Waals surface area contributed by atoms with Crippen molar-refractivity contribution in [1.82, 2.24) is 4.57 Å². The number of hydrogen-bond donors (Lipinski definition) is 0. The first-order valence-electron chi connectivity index (χ1n) is 9.81. The molecule has 1 aromatic heterocycles. The van der Waals surface area contributed by atoms with Crippen molar-refractivity contribution >= 4 is 0 Å². The molecule has 0 spiro atoms. The molecular weight excluding hydrogens is 314 g/mol. The number of aromatic nitrogens is 1. The van der Waals surface area contributed by atoms with Crippen LogP contribution in [0.4, 0.5) is 0 Å². The second kappa shape index (κ2) is 7.53. The number of rotatable bonds is 5. The molecule has 136 valence electrons. The van der Waals surface area contributed by atoms with Gasteiger partial charge in [0.15, 0.2) is 0 Å². The Morgan fingerprint density at radius 1 is 0.654 bits per heavy atom. The van der Waals surface area contributed by atoms with E-state index in [1.54, 1.807) is 0 Å². The lowest BCUT2D eigenvalue weighted by atomic mass is 9.87. The van der Waals surface area contributed by atoms with Crippen LogP contribution in [0.25, 0.3) is 16.9 Å². The van der Waals surface area contributed by atoms with E-state index in [0.29, 0.717) is 17.8 Å². The average molecular weight is 346 g/mol. The lowest BCUT2D eigenvalue weighted by Crippen LogP contribution is -2.09. The van der Waals surface area contributed by atoms with Crippen molar-refractivity contribution in [2.45, 2.75) is 59.3 Å². The third-order valence-corrected chi connectivity index (χ3v) is 5.16. The molecule has 1 heterocycles. The van der Waals surface area contributed by atoms with Crippen molar-refractivity contribution in [3.05, 3.63) is 77.5 Å². The Bertz CT molecular complexity index is 837. The second-order valence-electron chi connectivity index (χ2n) is 8.14. The maximum Gasteiger partial charge on any atom is 0.0528 e. The summed E-state index contributed by atoms with van der Waals surface area (Å²) in [6, 6.07) is 19.9. The quantitative estimate of drug-likeness (QED) is 0.451. The monoisotopic (exact) mass is 345 g/mol. The molecule has 0 amide bonds. The van der Waals surface area contributed by atoms with Crippen LogP contribution >= 0.6 is 0 Å². The van der Waals surface area contributed by atoms with Gasteiger partial charge in [0, 0.05) is 6.20 Å². The van der Waals surface area contributed by atoms with Gasteiger partial charge in [-0.3, -0.25) is 0 Å². The zero-order valence-corrected chi connectivity index (χ0v) is 17.0. The zero-order valence-electron chi connectivity index (χ0n) is 17.0. The largest absolute Gasteiger partial charge is 0.316 e. The van der Waals surface area contributed by atoms with Crippen LogP contribution in [0.3, 0.4) is 0 Å². The molecule has 26 heavy (non-hydrogen) atoms. The first-order valence-corrected chi connectivity index (χ1v) is 9.81. The third kappa shape index (κ3) is 3.49. The van der Waals surface area contributed by atoms with Crippen LogP contribution in [0.2, 0.25) is 0 Å². The lowest BCUT2D eigenvalue weighted by molar-refractivity contribution is 0.785. The van der Waals surface area contributed by atoms with Crippen LogP contribution in [0.5, 0.6) is 0 Å². The van der Waals surface area contributed by atoms with Crippen molar-refractivity contribution in [2.75, 3.05) is 0 Å². The van der Waals surface area contributed by atoms with Gasteiger partial charge in [-0.15, -0.1) is 0 Å². The molecule has 0 N–H and O–H groups in total. The Morgan fingerprint density at radius 3 is 1.73 bits per heavy atom. The first-order chi connectivity index (χ1) is 12.4. The Morgan fingerprint density at radius 2 is 1.23 bits per heavy atom. The molecule has 3 aromatic rings. The number of benzene rings is 2. The van der Waals surface area contributed by atoms with E-state index in [1.165, 1.54) is 33.6 Å². The van der Waals surface area contributed by atoms with Crippen LogP contribution in [-0.4, -0.2) is 4.57 Å². The van der Waals surface area contributed by atoms with Gasteiger partial charge in [-0.1, -0.05) is 84.0 Å². The molecule has 0 atom stereocenters. The molecule has 2 aromatic carbocycles. The second-order valence-corrected chi connectivity index (χ2v) is 8.14. The Labute approximate surface area is 158 Å². The fourth-order valence-corrected chi connectivity index (χ4v) is 3.62. The van der Waals surface area contributed by atoms with E-state index in [1.807, 2.05) is 0 Å². The van der Waals surface area contributed by atoms with Gasteiger partial charge in [0.05, 0.1) is 11.4 Å². The van der Waals surface area contributed by atoms with E-state index < -0.39 is 0 Å². The molecule has 0 saturated heterocycles. The fraction of sp³-hybridized carbons (Fsp3) is 0.360. The molecule has 0 saturated carbocycles. The van der Waals surface area contributed by atoms with Gasteiger partial charge in [0.1, 0.15) is 0 Å². The van der Waals surface area contributed by atoms with Crippen LogP contribution < -0.4 is 0 Å². The summed E-state index contributed by atoms with van der Waals surface area (Å²) in [4.78, 5) is 0. The molecule has 0 aliphatic heterocycles. The minimum absolute atomic E-state index is 0.479. The fourth-order valence-electron chi connectivity index (χ4n) is 3.62. The first kappa shape index (κ1) is 18.5. The van der Waals surface area contributed by atoms with Crippen molar-refractivity contribution < 1.29 is 0 Å². The maximum atomic E-state index is 2.42. The highest BCUT2D eigenvalue weighted by molar-refractivity contribution is 5.66. The summed E-state index contributed by atoms with van der Waals surface area (Å²) in [5, 5.41) is 0. The third-order valence-electron chi connectivity index (χ3n) is 5.16. The minimum atomic E-state index is 0.479. The SMILES string of the molecule is CC(C)c1cc(C(C)C)c(-n2cccc2-c2ccccc2)c(C(C)C)c1. The van der Waals surface area contributed by atoms with Crippen molar-refractivity contribution in [2.24, 2.45) is 0 Å². The molecule has 0 radical (unpaired) electrons. The van der Waals surface area contributed by atoms with E-state index in [4.69, 9.17) is 0 Å². The van der Waals surface area contributed by atoms with E-state index in [-0.39, 0.29) is 0 Å². The standard InChI is InChI=1S/C25H31N/c1-17(2)21-15-22(18(3)4)25(23(16-21)19(5)6)26-14-10-13-24(26)20-11-8-7-9-12-20/h7-19H,1-6H3. The van der Waals surface area contributed by atoms with E-state index in [0.717, 1.165) is 0 Å². The lowest BCUT2D eigenvalue weighted by Gasteiger charge is -2.25. The summed E-state index contributed by atoms with van der Waals surface area (Å²) in [6.45, 7) is 13.8. The Balaban J connectivity index is 2.30. The van der Waals surface area contributed by atoms with Crippen LogP contribution in [0.1, 0.15) is 76.0 Å². The summed E-state index contributed by atoms with van der Waals surface area (Å²) in [6.07, 6.45) is 2.21. The van der Waals surface area contributed by atoms with Crippen molar-refractivity contribution in [3.8, 4) is 16.9 Å². The summed E-state index contributed by atoms with van der Waals surface area (Å²) in [7, 11) is 0. The molecule has 0 fully saturated rings. The van der Waals surface area contributed by atoms with E-state index in [9.17, 15) is 0 Å². The number of nitrogens with zero attached hydrogens (tertiary/aromatic N) is 1. The van der Waals surface area contributed by atoms with Crippen molar-refractivity contribution in [1.29, 1.82) is 0 Å². The molecule has 3 rings (SSSR count). The highest BCUT2D eigenvalue weighted by Crippen LogP contribution is 2.37. The van der Waals surface area contributed by atoms with Gasteiger partial charge in [0.2, 0.25) is 0 Å². The summed E-state index contributed by atoms with van der Waals surface area (Å²) >= 11 is 0. The van der Waals surface area contributed by atoms with Gasteiger partial charge in [-0.25, -0.2) is 0 Å². The predicted octanol–water partition coefficient (Wildman–Crippen LogP) is 7.51. The normalized spacial score (nSPS) is 11.7. The van der Waals surface area contributed by atoms with Gasteiger partial charge in [-0.2, -0.15) is 0 Å². The molecule has 1 heteroatoms. The van der Waals surface area contributed by atoms with Crippen LogP contribution in [0.15, 0.2) is 60.8 Å². The molecule has 0 aliphatic carbocycles. The van der Waals surface area contributed by atoms with Crippen LogP contribution in [-0.2, 0) is 0 Å². The van der Waals surface area contributed by atoms with Gasteiger partial charge < -0.3 is 4.57 Å². The summed E-state index contributed by atoms with van der Waals surface area (Å²) < 4.78 is 2.39. The molecule has 0 bridgehead atoms. The van der Waals surface area contributed by atoms with Gasteiger partial charge in [0.25, 0.3) is 0 Å². The smallest absolute Gasteiger partial charge is 0.0528 e. The van der Waals surface area contributed by atoms with E-state index in [2.05, 4.69) is 107 Å². The summed E-state index contributed by atoms with van der Waals surface area (Å²) in [5.74, 6) is 1.50. The Kier molecular flexibility index (Phi) is 5.36. The van der Waals surface area contributed by atoms with E-state index >= 15 is 0 Å². The Hall–Kier alpha value is -2.28. The number of hydrogen-bond acceptors (Lipinski definition) is 0. The van der Waals surface area contributed by atoms with Crippen molar-refractivity contribution in [3.63, 3.8) is 0 Å². The highest BCUT2D eigenvalue weighted by Gasteiger charge is 2.20. The maximum absolute atomic E-state index is 2.42. The molecular formula is C25H31N. The predicted molar refractivity (Wildman–Crippen MR) is 113 cm³/mol. The molecule has 0 unspecified atom stereocenters. The molecule has 0 aliphatic rings. The zero-order chi connectivity index (χ0) is 18.8. The summed E-state index contributed by atoms with van der Waals surface area (Å²) in [5.41, 5.74) is 8.20. The minimum Gasteiger partial charge on any atom is -0.316 e. The van der Waals surface area contributed by atoms with Gasteiger partial charge in [-0.05, 0) is 52.1 Å². The van der Waals surface area contributed by atoms with Gasteiger partial charge >= 0.3 is 0 Å². The topological polar surface area (TPSA) is 4.93 Å². The van der Waals surface area contributed by atoms with Crippen LogP contribution in [0, 0.1) is 0 Å². The highest BCUT2D eigenvalue weighted by atomic mass is 15.0. The average Bonchev–Trinajstić information content (AvgIpc) is 3.10.